The molecule has 1 unspecified atom stereocenters. The molecule has 0 bridgehead atoms. The summed E-state index contributed by atoms with van der Waals surface area (Å²) in [4.78, 5) is 25.9. The Bertz CT molecular complexity index is 1110. The molecule has 7 nitrogen and oxygen atoms in total. The average Bonchev–Trinajstić information content (AvgIpc) is 2.86. The van der Waals surface area contributed by atoms with E-state index in [1.54, 1.807) is 13.4 Å². The minimum absolute atomic E-state index is 0.0113. The first-order valence-electron chi connectivity index (χ1n) is 11.2. The van der Waals surface area contributed by atoms with E-state index in [4.69, 9.17) is 9.47 Å². The van der Waals surface area contributed by atoms with Crippen LogP contribution in [0.2, 0.25) is 0 Å². The molecule has 1 aromatic heterocycles. The lowest BCUT2D eigenvalue weighted by atomic mass is 10.1. The number of piperazine rings is 1. The van der Waals surface area contributed by atoms with Gasteiger partial charge in [0.15, 0.2) is 6.10 Å². The van der Waals surface area contributed by atoms with Crippen LogP contribution < -0.4 is 14.4 Å². The predicted molar refractivity (Wildman–Crippen MR) is 129 cm³/mol. The van der Waals surface area contributed by atoms with Crippen molar-refractivity contribution in [3.8, 4) is 22.8 Å². The van der Waals surface area contributed by atoms with Gasteiger partial charge in [0, 0.05) is 37.8 Å². The van der Waals surface area contributed by atoms with E-state index >= 15 is 0 Å². The topological polar surface area (TPSA) is 67.8 Å². The van der Waals surface area contributed by atoms with Crippen molar-refractivity contribution in [2.45, 2.75) is 26.9 Å². The largest absolute Gasteiger partial charge is 0.497 e. The molecule has 0 aliphatic carbocycles. The first-order valence-corrected chi connectivity index (χ1v) is 11.2. The van der Waals surface area contributed by atoms with E-state index in [0.717, 1.165) is 39.7 Å². The number of carbonyl (C=O) groups excluding carboxylic acids is 1. The number of amides is 1. The van der Waals surface area contributed by atoms with E-state index < -0.39 is 6.10 Å². The number of aryl methyl sites for hydroxylation is 2. The second kappa shape index (κ2) is 9.90. The molecule has 0 N–H and O–H groups in total. The molecule has 0 spiro atoms. The normalized spacial score (nSPS) is 14.7. The van der Waals surface area contributed by atoms with Gasteiger partial charge in [-0.05, 0) is 62.2 Å². The summed E-state index contributed by atoms with van der Waals surface area (Å²) in [6, 6.07) is 15.8. The molecule has 1 fully saturated rings. The average molecular weight is 447 g/mol. The first kappa shape index (κ1) is 22.6. The first-order chi connectivity index (χ1) is 15.9. The highest BCUT2D eigenvalue weighted by molar-refractivity contribution is 5.81. The molecule has 1 amide bonds. The van der Waals surface area contributed by atoms with Gasteiger partial charge in [0.1, 0.15) is 23.6 Å². The molecule has 2 aromatic carbocycles. The van der Waals surface area contributed by atoms with Crippen molar-refractivity contribution in [2.75, 3.05) is 38.2 Å². The summed E-state index contributed by atoms with van der Waals surface area (Å²) in [5, 5.41) is 0. The van der Waals surface area contributed by atoms with Gasteiger partial charge in [-0.1, -0.05) is 12.1 Å². The minimum Gasteiger partial charge on any atom is -0.497 e. The number of nitrogens with zero attached hydrogens (tertiary/aromatic N) is 4. The zero-order valence-electron chi connectivity index (χ0n) is 19.6. The number of hydrogen-bond acceptors (Lipinski definition) is 6. The third kappa shape index (κ3) is 5.25. The zero-order valence-corrected chi connectivity index (χ0v) is 19.6. The van der Waals surface area contributed by atoms with Crippen molar-refractivity contribution >= 4 is 11.7 Å². The molecular formula is C26H30N4O3. The highest BCUT2D eigenvalue weighted by Gasteiger charge is 2.27. The number of anilines is 1. The van der Waals surface area contributed by atoms with E-state index in [0.29, 0.717) is 26.2 Å². The van der Waals surface area contributed by atoms with Crippen LogP contribution in [-0.2, 0) is 4.79 Å². The summed E-state index contributed by atoms with van der Waals surface area (Å²) in [6.45, 7) is 8.50. The van der Waals surface area contributed by atoms with Crippen molar-refractivity contribution in [1.29, 1.82) is 0 Å². The summed E-state index contributed by atoms with van der Waals surface area (Å²) >= 11 is 0. The number of rotatable bonds is 6. The second-order valence-electron chi connectivity index (χ2n) is 8.33. The molecule has 7 heteroatoms. The summed E-state index contributed by atoms with van der Waals surface area (Å²) < 4.78 is 11.2. The minimum atomic E-state index is -0.530. The lowest BCUT2D eigenvalue weighted by Gasteiger charge is -2.36. The molecule has 172 valence electrons. The standard InChI is InChI=1S/C26H30N4O3/c1-18-5-6-19(2)24(15-18)33-20(3)26(31)30-13-11-29(12-14-30)25-16-23(27-17-28-25)21-7-9-22(32-4)10-8-21/h5-10,15-17,20H,11-14H2,1-4H3. The van der Waals surface area contributed by atoms with Gasteiger partial charge in [0.2, 0.25) is 0 Å². The third-order valence-electron chi connectivity index (χ3n) is 5.95. The van der Waals surface area contributed by atoms with E-state index in [9.17, 15) is 4.79 Å². The van der Waals surface area contributed by atoms with Gasteiger partial charge in [-0.15, -0.1) is 0 Å². The number of benzene rings is 2. The lowest BCUT2D eigenvalue weighted by molar-refractivity contribution is -0.138. The Morgan fingerprint density at radius 1 is 0.970 bits per heavy atom. The Labute approximate surface area is 195 Å². The summed E-state index contributed by atoms with van der Waals surface area (Å²) in [5.41, 5.74) is 4.01. The van der Waals surface area contributed by atoms with Crippen LogP contribution in [0.4, 0.5) is 5.82 Å². The molecule has 0 radical (unpaired) electrons. The molecule has 0 saturated carbocycles. The molecule has 3 aromatic rings. The van der Waals surface area contributed by atoms with Crippen molar-refractivity contribution < 1.29 is 14.3 Å². The fraction of sp³-hybridized carbons (Fsp3) is 0.346. The Kier molecular flexibility index (Phi) is 6.77. The highest BCUT2D eigenvalue weighted by Crippen LogP contribution is 2.24. The monoisotopic (exact) mass is 446 g/mol. The van der Waals surface area contributed by atoms with Crippen molar-refractivity contribution in [1.82, 2.24) is 14.9 Å². The quantitative estimate of drug-likeness (QED) is 0.572. The number of hydrogen-bond donors (Lipinski definition) is 0. The van der Waals surface area contributed by atoms with E-state index in [-0.39, 0.29) is 5.91 Å². The van der Waals surface area contributed by atoms with Crippen molar-refractivity contribution in [3.63, 3.8) is 0 Å². The molecule has 1 aliphatic heterocycles. The van der Waals surface area contributed by atoms with Gasteiger partial charge < -0.3 is 19.3 Å². The van der Waals surface area contributed by atoms with Crippen LogP contribution >= 0.6 is 0 Å². The molecule has 1 saturated heterocycles. The van der Waals surface area contributed by atoms with Crippen LogP contribution in [0.5, 0.6) is 11.5 Å². The van der Waals surface area contributed by atoms with Gasteiger partial charge in [-0.25, -0.2) is 9.97 Å². The van der Waals surface area contributed by atoms with E-state index in [2.05, 4.69) is 14.9 Å². The number of ether oxygens (including phenoxy) is 2. The molecule has 2 heterocycles. The summed E-state index contributed by atoms with van der Waals surface area (Å²) in [7, 11) is 1.65. The zero-order chi connectivity index (χ0) is 23.4. The Balaban J connectivity index is 1.37. The van der Waals surface area contributed by atoms with Crippen molar-refractivity contribution in [3.05, 3.63) is 66.0 Å². The fourth-order valence-corrected chi connectivity index (χ4v) is 3.93. The Morgan fingerprint density at radius 3 is 2.39 bits per heavy atom. The Morgan fingerprint density at radius 2 is 1.70 bits per heavy atom. The molecular weight excluding hydrogens is 416 g/mol. The molecule has 1 atom stereocenters. The van der Waals surface area contributed by atoms with Crippen LogP contribution in [0.1, 0.15) is 18.1 Å². The van der Waals surface area contributed by atoms with Crippen LogP contribution in [0, 0.1) is 13.8 Å². The van der Waals surface area contributed by atoms with Gasteiger partial charge in [-0.2, -0.15) is 0 Å². The van der Waals surface area contributed by atoms with E-state index in [1.807, 2.05) is 74.2 Å². The van der Waals surface area contributed by atoms with Gasteiger partial charge in [0.05, 0.1) is 12.8 Å². The lowest BCUT2D eigenvalue weighted by Crippen LogP contribution is -2.52. The van der Waals surface area contributed by atoms with Crippen LogP contribution in [0.15, 0.2) is 54.9 Å². The number of carbonyl (C=O) groups is 1. The van der Waals surface area contributed by atoms with Gasteiger partial charge in [0.25, 0.3) is 5.91 Å². The van der Waals surface area contributed by atoms with Crippen LogP contribution in [0.25, 0.3) is 11.3 Å². The summed E-state index contributed by atoms with van der Waals surface area (Å²) in [6.07, 6.45) is 1.06. The molecule has 1 aliphatic rings. The molecule has 4 rings (SSSR count). The maximum Gasteiger partial charge on any atom is 0.263 e. The van der Waals surface area contributed by atoms with Crippen molar-refractivity contribution in [2.24, 2.45) is 0 Å². The summed E-state index contributed by atoms with van der Waals surface area (Å²) in [5.74, 6) is 2.45. The smallest absolute Gasteiger partial charge is 0.263 e. The fourth-order valence-electron chi connectivity index (χ4n) is 3.93. The molecule has 33 heavy (non-hydrogen) atoms. The van der Waals surface area contributed by atoms with Crippen LogP contribution in [0.3, 0.4) is 0 Å². The number of methoxy groups -OCH3 is 1. The van der Waals surface area contributed by atoms with E-state index in [1.165, 1.54) is 0 Å². The third-order valence-corrected chi connectivity index (χ3v) is 5.95. The van der Waals surface area contributed by atoms with Gasteiger partial charge in [-0.3, -0.25) is 4.79 Å². The number of aromatic nitrogens is 2. The maximum atomic E-state index is 13.0. The SMILES string of the molecule is COc1ccc(-c2cc(N3CCN(C(=O)C(C)Oc4cc(C)ccc4C)CC3)ncn2)cc1. The van der Waals surface area contributed by atoms with Gasteiger partial charge >= 0.3 is 0 Å². The second-order valence-corrected chi connectivity index (χ2v) is 8.33. The Hall–Kier alpha value is -3.61. The predicted octanol–water partition coefficient (Wildman–Crippen LogP) is 3.89. The maximum absolute atomic E-state index is 13.0. The highest BCUT2D eigenvalue weighted by atomic mass is 16.5. The van der Waals surface area contributed by atoms with Crippen LogP contribution in [-0.4, -0.2) is 60.2 Å².